The van der Waals surface area contributed by atoms with Crippen LogP contribution in [0.25, 0.3) is 0 Å². The van der Waals surface area contributed by atoms with E-state index < -0.39 is 11.7 Å². The van der Waals surface area contributed by atoms with Crippen LogP contribution < -0.4 is 0 Å². The van der Waals surface area contributed by atoms with Crippen molar-refractivity contribution in [1.82, 2.24) is 0 Å². The third-order valence-corrected chi connectivity index (χ3v) is 3.22. The molecule has 0 aliphatic carbocycles. The number of hydrogen-bond donors (Lipinski definition) is 1. The van der Waals surface area contributed by atoms with E-state index in [1.54, 1.807) is 12.1 Å². The van der Waals surface area contributed by atoms with Gasteiger partial charge in [-0.1, -0.05) is 19.1 Å². The molecule has 2 nitrogen and oxygen atoms in total. The van der Waals surface area contributed by atoms with Gasteiger partial charge >= 0.3 is 0 Å². The zero-order chi connectivity index (χ0) is 12.9. The van der Waals surface area contributed by atoms with Gasteiger partial charge in [-0.05, 0) is 38.0 Å². The van der Waals surface area contributed by atoms with E-state index in [9.17, 15) is 9.50 Å². The van der Waals surface area contributed by atoms with Crippen LogP contribution in [0.4, 0.5) is 4.39 Å². The molecular weight excluding hydrogens is 219 g/mol. The topological polar surface area (TPSA) is 29.5 Å². The Bertz CT molecular complexity index is 337. The smallest absolute Gasteiger partial charge is 0.123 e. The van der Waals surface area contributed by atoms with E-state index in [0.717, 1.165) is 12.0 Å². The fraction of sp³-hybridized carbons (Fsp3) is 0.571. The van der Waals surface area contributed by atoms with Crippen molar-refractivity contribution >= 4 is 0 Å². The number of benzene rings is 1. The summed E-state index contributed by atoms with van der Waals surface area (Å²) in [5.74, 6) is -0.258. The second kappa shape index (κ2) is 6.12. The quantitative estimate of drug-likeness (QED) is 0.828. The molecule has 0 aliphatic heterocycles. The maximum absolute atomic E-state index is 12.8. The number of halogens is 1. The minimum atomic E-state index is -0.585. The van der Waals surface area contributed by atoms with Gasteiger partial charge in [0.05, 0.1) is 11.7 Å². The summed E-state index contributed by atoms with van der Waals surface area (Å²) in [5.41, 5.74) is 0.377. The highest BCUT2D eigenvalue weighted by atomic mass is 19.1. The molecule has 0 fully saturated rings. The molecule has 2 atom stereocenters. The van der Waals surface area contributed by atoms with Gasteiger partial charge in [-0.25, -0.2) is 4.39 Å². The lowest BCUT2D eigenvalue weighted by molar-refractivity contribution is -0.110. The van der Waals surface area contributed by atoms with Gasteiger partial charge in [0.25, 0.3) is 0 Å². The zero-order valence-electron chi connectivity index (χ0n) is 10.7. The third kappa shape index (κ3) is 3.79. The van der Waals surface area contributed by atoms with Crippen LogP contribution in [0.3, 0.4) is 0 Å². The largest absolute Gasteiger partial charge is 0.390 e. The van der Waals surface area contributed by atoms with Gasteiger partial charge in [-0.3, -0.25) is 0 Å². The van der Waals surface area contributed by atoms with Gasteiger partial charge in [0.15, 0.2) is 0 Å². The monoisotopic (exact) mass is 240 g/mol. The maximum Gasteiger partial charge on any atom is 0.123 e. The second-order valence-electron chi connectivity index (χ2n) is 4.45. The molecule has 3 heteroatoms. The first-order valence-corrected chi connectivity index (χ1v) is 6.08. The highest BCUT2D eigenvalue weighted by molar-refractivity contribution is 5.17. The summed E-state index contributed by atoms with van der Waals surface area (Å²) in [5, 5.41) is 10.2. The van der Waals surface area contributed by atoms with Crippen molar-refractivity contribution in [2.75, 3.05) is 6.61 Å². The lowest BCUT2D eigenvalue weighted by Gasteiger charge is -2.33. The van der Waals surface area contributed by atoms with Crippen molar-refractivity contribution in [3.05, 3.63) is 35.6 Å². The molecular formula is C14H21FO2. The van der Waals surface area contributed by atoms with Gasteiger partial charge in [-0.15, -0.1) is 0 Å². The fourth-order valence-electron chi connectivity index (χ4n) is 1.82. The highest BCUT2D eigenvalue weighted by Gasteiger charge is 2.31. The maximum atomic E-state index is 12.8. The lowest BCUT2D eigenvalue weighted by atomic mass is 9.91. The first-order chi connectivity index (χ1) is 8.01. The first-order valence-electron chi connectivity index (χ1n) is 6.08. The summed E-state index contributed by atoms with van der Waals surface area (Å²) in [4.78, 5) is 0. The Morgan fingerprint density at radius 3 is 2.35 bits per heavy atom. The minimum absolute atomic E-state index is 0.258. The molecule has 0 bridgehead atoms. The molecule has 1 N–H and O–H groups in total. The fourth-order valence-corrected chi connectivity index (χ4v) is 1.82. The molecule has 0 saturated carbocycles. The average Bonchev–Trinajstić information content (AvgIpc) is 2.32. The Morgan fingerprint density at radius 2 is 1.88 bits per heavy atom. The molecule has 1 aromatic carbocycles. The molecule has 1 aromatic rings. The molecule has 17 heavy (non-hydrogen) atoms. The molecule has 0 spiro atoms. The van der Waals surface area contributed by atoms with Crippen molar-refractivity contribution in [1.29, 1.82) is 0 Å². The molecule has 0 saturated heterocycles. The molecule has 0 radical (unpaired) electrons. The molecule has 0 aliphatic rings. The van der Waals surface area contributed by atoms with Crippen molar-refractivity contribution in [3.63, 3.8) is 0 Å². The summed E-state index contributed by atoms with van der Waals surface area (Å²) in [6.45, 7) is 6.39. The SMILES string of the molecule is CCOC(C)(CC)C(O)Cc1ccc(F)cc1. The van der Waals surface area contributed by atoms with Crippen molar-refractivity contribution in [2.45, 2.75) is 45.3 Å². The summed E-state index contributed by atoms with van der Waals surface area (Å²) < 4.78 is 18.4. The van der Waals surface area contributed by atoms with Gasteiger partial charge < -0.3 is 9.84 Å². The minimum Gasteiger partial charge on any atom is -0.390 e. The first kappa shape index (κ1) is 14.1. The Kier molecular flexibility index (Phi) is 5.09. The molecule has 2 unspecified atom stereocenters. The molecule has 0 heterocycles. The Hall–Kier alpha value is -0.930. The number of hydrogen-bond acceptors (Lipinski definition) is 2. The normalized spacial score (nSPS) is 16.5. The van der Waals surface area contributed by atoms with Gasteiger partial charge in [0.1, 0.15) is 5.82 Å². The van der Waals surface area contributed by atoms with Crippen LogP contribution >= 0.6 is 0 Å². The Labute approximate surface area is 102 Å². The molecule has 0 amide bonds. The standard InChI is InChI=1S/C14H21FO2/c1-4-14(3,17-5-2)13(16)10-11-6-8-12(15)9-7-11/h6-9,13,16H,4-5,10H2,1-3H3. The number of aliphatic hydroxyl groups excluding tert-OH is 1. The van der Waals surface area contributed by atoms with E-state index in [0.29, 0.717) is 13.0 Å². The van der Waals surface area contributed by atoms with Crippen LogP contribution in [0, 0.1) is 5.82 Å². The number of aliphatic hydroxyl groups is 1. The predicted octanol–water partition coefficient (Wildman–Crippen LogP) is 2.93. The molecule has 96 valence electrons. The van der Waals surface area contributed by atoms with E-state index in [4.69, 9.17) is 4.74 Å². The van der Waals surface area contributed by atoms with E-state index in [2.05, 4.69) is 0 Å². The summed E-state index contributed by atoms with van der Waals surface area (Å²) in [7, 11) is 0. The van der Waals surface area contributed by atoms with Crippen LogP contribution in [0.5, 0.6) is 0 Å². The second-order valence-corrected chi connectivity index (χ2v) is 4.45. The van der Waals surface area contributed by atoms with Crippen LogP contribution in [0.1, 0.15) is 32.8 Å². The van der Waals surface area contributed by atoms with Gasteiger partial charge in [-0.2, -0.15) is 0 Å². The number of rotatable bonds is 6. The highest BCUT2D eigenvalue weighted by Crippen LogP contribution is 2.23. The van der Waals surface area contributed by atoms with Crippen molar-refractivity contribution < 1.29 is 14.2 Å². The average molecular weight is 240 g/mol. The third-order valence-electron chi connectivity index (χ3n) is 3.22. The van der Waals surface area contributed by atoms with E-state index in [-0.39, 0.29) is 5.82 Å². The van der Waals surface area contributed by atoms with Crippen LogP contribution in [-0.4, -0.2) is 23.4 Å². The van der Waals surface area contributed by atoms with E-state index in [1.165, 1.54) is 12.1 Å². The van der Waals surface area contributed by atoms with Crippen LogP contribution in [-0.2, 0) is 11.2 Å². The Balaban J connectivity index is 2.69. The summed E-state index contributed by atoms with van der Waals surface area (Å²) in [6, 6.07) is 6.21. The summed E-state index contributed by atoms with van der Waals surface area (Å²) in [6.07, 6.45) is 0.631. The van der Waals surface area contributed by atoms with Crippen molar-refractivity contribution in [3.8, 4) is 0 Å². The Morgan fingerprint density at radius 1 is 1.29 bits per heavy atom. The number of ether oxygens (including phenoxy) is 1. The van der Waals surface area contributed by atoms with Gasteiger partial charge in [0.2, 0.25) is 0 Å². The van der Waals surface area contributed by atoms with Gasteiger partial charge in [0, 0.05) is 13.0 Å². The zero-order valence-corrected chi connectivity index (χ0v) is 10.7. The van der Waals surface area contributed by atoms with Crippen LogP contribution in [0.2, 0.25) is 0 Å². The van der Waals surface area contributed by atoms with E-state index >= 15 is 0 Å². The van der Waals surface area contributed by atoms with Crippen LogP contribution in [0.15, 0.2) is 24.3 Å². The molecule has 1 rings (SSSR count). The molecule has 0 aromatic heterocycles. The van der Waals surface area contributed by atoms with Crippen molar-refractivity contribution in [2.24, 2.45) is 0 Å². The predicted molar refractivity (Wildman–Crippen MR) is 66.4 cm³/mol. The lowest BCUT2D eigenvalue weighted by Crippen LogP contribution is -2.42. The summed E-state index contributed by atoms with van der Waals surface area (Å²) >= 11 is 0. The van der Waals surface area contributed by atoms with E-state index in [1.807, 2.05) is 20.8 Å².